The van der Waals surface area contributed by atoms with Gasteiger partial charge >= 0.3 is 0 Å². The third kappa shape index (κ3) is 2.78. The first kappa shape index (κ1) is 14.0. The molecule has 0 spiro atoms. The second-order valence-electron chi connectivity index (χ2n) is 4.99. The average Bonchev–Trinajstić information content (AvgIpc) is 2.85. The van der Waals surface area contributed by atoms with Crippen LogP contribution in [0.2, 0.25) is 5.02 Å². The van der Waals surface area contributed by atoms with Crippen LogP contribution in [0.1, 0.15) is 43.0 Å². The normalized spacial score (nSPS) is 15.7. The van der Waals surface area contributed by atoms with Crippen molar-refractivity contribution in [2.24, 2.45) is 5.73 Å². The van der Waals surface area contributed by atoms with Gasteiger partial charge in [-0.05, 0) is 31.9 Å². The Morgan fingerprint density at radius 1 is 1.42 bits per heavy atom. The summed E-state index contributed by atoms with van der Waals surface area (Å²) >= 11 is 6.30. The van der Waals surface area contributed by atoms with Crippen molar-refractivity contribution in [1.82, 2.24) is 0 Å². The van der Waals surface area contributed by atoms with Crippen LogP contribution in [-0.2, 0) is 0 Å². The predicted molar refractivity (Wildman–Crippen MR) is 79.7 cm³/mol. The van der Waals surface area contributed by atoms with E-state index in [0.717, 1.165) is 25.1 Å². The van der Waals surface area contributed by atoms with E-state index < -0.39 is 5.91 Å². The van der Waals surface area contributed by atoms with Crippen LogP contribution in [-0.4, -0.2) is 18.5 Å². The number of amides is 1. The summed E-state index contributed by atoms with van der Waals surface area (Å²) in [4.78, 5) is 13.8. The molecule has 4 nitrogen and oxygen atoms in total. The molecule has 104 valence electrons. The Morgan fingerprint density at radius 3 is 2.58 bits per heavy atom. The minimum Gasteiger partial charge on any atom is -0.399 e. The number of primary amides is 1. The number of hydrogen-bond donors (Lipinski definition) is 2. The Morgan fingerprint density at radius 2 is 2.05 bits per heavy atom. The van der Waals surface area contributed by atoms with E-state index >= 15 is 0 Å². The molecule has 0 saturated heterocycles. The summed E-state index contributed by atoms with van der Waals surface area (Å²) in [6.45, 7) is 2.87. The molecule has 1 aliphatic rings. The number of carbonyl (C=O) groups excluding carboxylic acids is 1. The first-order chi connectivity index (χ1) is 9.04. The maximum atomic E-state index is 11.6. The Labute approximate surface area is 118 Å². The summed E-state index contributed by atoms with van der Waals surface area (Å²) in [5, 5.41) is 0.502. The summed E-state index contributed by atoms with van der Waals surface area (Å²) in [5.74, 6) is -0.486. The maximum Gasteiger partial charge on any atom is 0.250 e. The third-order valence-electron chi connectivity index (χ3n) is 3.74. The number of nitrogens with zero attached hydrogens (tertiary/aromatic N) is 1. The fraction of sp³-hybridized carbons (Fsp3) is 0.500. The second kappa shape index (κ2) is 5.70. The maximum absolute atomic E-state index is 11.6. The van der Waals surface area contributed by atoms with Crippen LogP contribution >= 0.6 is 11.6 Å². The number of rotatable bonds is 4. The lowest BCUT2D eigenvalue weighted by Gasteiger charge is -2.32. The van der Waals surface area contributed by atoms with Crippen LogP contribution in [0.3, 0.4) is 0 Å². The molecule has 0 heterocycles. The molecule has 1 amide bonds. The molecular formula is C14H20ClN3O. The second-order valence-corrected chi connectivity index (χ2v) is 5.39. The van der Waals surface area contributed by atoms with Gasteiger partial charge in [-0.1, -0.05) is 24.4 Å². The van der Waals surface area contributed by atoms with Gasteiger partial charge in [0.15, 0.2) is 0 Å². The van der Waals surface area contributed by atoms with Crippen molar-refractivity contribution in [2.45, 2.75) is 38.6 Å². The van der Waals surface area contributed by atoms with Crippen LogP contribution in [0.5, 0.6) is 0 Å². The molecule has 0 radical (unpaired) electrons. The van der Waals surface area contributed by atoms with E-state index in [1.165, 1.54) is 12.8 Å². The molecule has 19 heavy (non-hydrogen) atoms. The summed E-state index contributed by atoms with van der Waals surface area (Å²) in [6.07, 6.45) is 4.71. The summed E-state index contributed by atoms with van der Waals surface area (Å²) in [5.41, 5.74) is 12.8. The average molecular weight is 282 g/mol. The highest BCUT2D eigenvalue weighted by Crippen LogP contribution is 2.36. The van der Waals surface area contributed by atoms with Crippen LogP contribution in [0, 0.1) is 0 Å². The van der Waals surface area contributed by atoms with Crippen molar-refractivity contribution in [3.63, 3.8) is 0 Å². The lowest BCUT2D eigenvalue weighted by Crippen LogP contribution is -2.35. The standard InChI is InChI=1S/C14H20ClN3O/c1-2-18(10-5-3-4-6-10)13-11(14(17)19)7-9(16)8-12(13)15/h7-8,10H,2-6,16H2,1H3,(H2,17,19). The van der Waals surface area contributed by atoms with Crippen molar-refractivity contribution in [1.29, 1.82) is 0 Å². The highest BCUT2D eigenvalue weighted by molar-refractivity contribution is 6.34. The van der Waals surface area contributed by atoms with Gasteiger partial charge in [0.05, 0.1) is 16.3 Å². The first-order valence-electron chi connectivity index (χ1n) is 6.70. The van der Waals surface area contributed by atoms with Gasteiger partial charge in [-0.15, -0.1) is 0 Å². The molecular weight excluding hydrogens is 262 g/mol. The van der Waals surface area contributed by atoms with E-state index in [2.05, 4.69) is 11.8 Å². The molecule has 1 fully saturated rings. The summed E-state index contributed by atoms with van der Waals surface area (Å²) < 4.78 is 0. The lowest BCUT2D eigenvalue weighted by molar-refractivity contribution is 0.100. The van der Waals surface area contributed by atoms with E-state index in [9.17, 15) is 4.79 Å². The van der Waals surface area contributed by atoms with Crippen molar-refractivity contribution in [3.8, 4) is 0 Å². The van der Waals surface area contributed by atoms with Crippen LogP contribution in [0.15, 0.2) is 12.1 Å². The van der Waals surface area contributed by atoms with Crippen LogP contribution in [0.25, 0.3) is 0 Å². The smallest absolute Gasteiger partial charge is 0.250 e. The zero-order valence-corrected chi connectivity index (χ0v) is 11.9. The molecule has 0 aromatic heterocycles. The van der Waals surface area contributed by atoms with Gasteiger partial charge in [0, 0.05) is 18.3 Å². The van der Waals surface area contributed by atoms with Crippen molar-refractivity contribution >= 4 is 28.9 Å². The van der Waals surface area contributed by atoms with Crippen molar-refractivity contribution in [2.75, 3.05) is 17.2 Å². The Balaban J connectivity index is 2.48. The highest BCUT2D eigenvalue weighted by atomic mass is 35.5. The predicted octanol–water partition coefficient (Wildman–Crippen LogP) is 2.79. The monoisotopic (exact) mass is 281 g/mol. The molecule has 2 rings (SSSR count). The summed E-state index contributed by atoms with van der Waals surface area (Å²) in [7, 11) is 0. The van der Waals surface area contributed by atoms with Gasteiger partial charge in [0.1, 0.15) is 0 Å². The molecule has 4 N–H and O–H groups in total. The summed E-state index contributed by atoms with van der Waals surface area (Å²) in [6, 6.07) is 3.73. The number of halogens is 1. The van der Waals surface area contributed by atoms with Gasteiger partial charge in [0.2, 0.25) is 0 Å². The van der Waals surface area contributed by atoms with Crippen molar-refractivity contribution in [3.05, 3.63) is 22.7 Å². The Kier molecular flexibility index (Phi) is 4.20. The molecule has 0 aliphatic heterocycles. The Hall–Kier alpha value is -1.42. The largest absolute Gasteiger partial charge is 0.399 e. The fourth-order valence-corrected chi connectivity index (χ4v) is 3.25. The third-order valence-corrected chi connectivity index (χ3v) is 4.03. The van der Waals surface area contributed by atoms with E-state index in [0.29, 0.717) is 22.3 Å². The minimum atomic E-state index is -0.486. The van der Waals surface area contributed by atoms with Gasteiger partial charge in [0.25, 0.3) is 5.91 Å². The number of hydrogen-bond acceptors (Lipinski definition) is 3. The number of carbonyl (C=O) groups is 1. The molecule has 0 unspecified atom stereocenters. The van der Waals surface area contributed by atoms with Crippen LogP contribution < -0.4 is 16.4 Å². The van der Waals surface area contributed by atoms with Gasteiger partial charge < -0.3 is 16.4 Å². The lowest BCUT2D eigenvalue weighted by atomic mass is 10.1. The zero-order valence-electron chi connectivity index (χ0n) is 11.2. The SMILES string of the molecule is CCN(c1c(Cl)cc(N)cc1C(N)=O)C1CCCC1. The quantitative estimate of drug-likeness (QED) is 0.834. The van der Waals surface area contributed by atoms with E-state index in [4.69, 9.17) is 23.1 Å². The number of nitrogen functional groups attached to an aromatic ring is 1. The topological polar surface area (TPSA) is 72.3 Å². The molecule has 1 aliphatic carbocycles. The minimum absolute atomic E-state index is 0.416. The Bertz CT molecular complexity index is 484. The molecule has 1 saturated carbocycles. The molecule has 0 atom stereocenters. The van der Waals surface area contributed by atoms with Crippen LogP contribution in [0.4, 0.5) is 11.4 Å². The zero-order chi connectivity index (χ0) is 14.0. The fourth-order valence-electron chi connectivity index (χ4n) is 2.91. The molecule has 1 aromatic rings. The molecule has 5 heteroatoms. The van der Waals surface area contributed by atoms with E-state index in [-0.39, 0.29) is 0 Å². The molecule has 0 bridgehead atoms. The molecule has 1 aromatic carbocycles. The van der Waals surface area contributed by atoms with Crippen molar-refractivity contribution < 1.29 is 4.79 Å². The van der Waals surface area contributed by atoms with E-state index in [1.807, 2.05) is 0 Å². The van der Waals surface area contributed by atoms with Gasteiger partial charge in [-0.2, -0.15) is 0 Å². The highest BCUT2D eigenvalue weighted by Gasteiger charge is 2.26. The van der Waals surface area contributed by atoms with Gasteiger partial charge in [-0.25, -0.2) is 0 Å². The van der Waals surface area contributed by atoms with E-state index in [1.54, 1.807) is 12.1 Å². The van der Waals surface area contributed by atoms with Gasteiger partial charge in [-0.3, -0.25) is 4.79 Å². The number of benzene rings is 1. The first-order valence-corrected chi connectivity index (χ1v) is 7.07. The number of anilines is 2. The number of nitrogens with two attached hydrogens (primary N) is 2.